The summed E-state index contributed by atoms with van der Waals surface area (Å²) in [7, 11) is 1.75. The van der Waals surface area contributed by atoms with Crippen LogP contribution in [0.5, 0.6) is 0 Å². The first-order valence-electron chi connectivity index (χ1n) is 13.3. The molecule has 2 amide bonds. The van der Waals surface area contributed by atoms with E-state index in [1.165, 1.54) is 11.1 Å². The van der Waals surface area contributed by atoms with Gasteiger partial charge in [-0.15, -0.1) is 0 Å². The fraction of sp³-hybridized carbons (Fsp3) is 0.400. The van der Waals surface area contributed by atoms with E-state index in [0.29, 0.717) is 11.7 Å². The summed E-state index contributed by atoms with van der Waals surface area (Å²) in [5, 5.41) is 14.8. The molecule has 1 aliphatic carbocycles. The van der Waals surface area contributed by atoms with E-state index >= 15 is 0 Å². The second kappa shape index (κ2) is 11.8. The van der Waals surface area contributed by atoms with Crippen LogP contribution in [0.3, 0.4) is 0 Å². The van der Waals surface area contributed by atoms with Crippen molar-refractivity contribution in [1.82, 2.24) is 20.4 Å². The number of methoxy groups -OCH3 is 1. The number of aromatic nitrogens is 2. The molecule has 194 valence electrons. The molecule has 0 bridgehead atoms. The Bertz CT molecular complexity index is 1220. The molecule has 3 aromatic rings. The van der Waals surface area contributed by atoms with Gasteiger partial charge in [-0.25, -0.2) is 9.48 Å². The molecule has 2 aromatic carbocycles. The van der Waals surface area contributed by atoms with Crippen LogP contribution in [0.2, 0.25) is 0 Å². The number of urea groups is 1. The number of ether oxygens (including phenoxy) is 1. The summed E-state index contributed by atoms with van der Waals surface area (Å²) in [5.74, 6) is 1.51. The van der Waals surface area contributed by atoms with Crippen LogP contribution in [0.15, 0.2) is 66.7 Å². The fourth-order valence-corrected chi connectivity index (χ4v) is 5.74. The highest BCUT2D eigenvalue weighted by Crippen LogP contribution is 2.40. The second-order valence-electron chi connectivity index (χ2n) is 10.1. The van der Waals surface area contributed by atoms with E-state index in [2.05, 4.69) is 46.3 Å². The van der Waals surface area contributed by atoms with Crippen LogP contribution in [0.1, 0.15) is 48.4 Å². The van der Waals surface area contributed by atoms with Crippen molar-refractivity contribution in [2.45, 2.75) is 44.6 Å². The SMILES string of the molecule is COCC[C@@H]1C[C@@H](NC(=O)Nc2c(C)c(C3=CCNCC3)nn2-c2ccccc2)[C@H](c2ccccc2)C1. The van der Waals surface area contributed by atoms with Gasteiger partial charge in [-0.2, -0.15) is 5.10 Å². The highest BCUT2D eigenvalue weighted by atomic mass is 16.5. The topological polar surface area (TPSA) is 80.2 Å². The molecule has 7 heteroatoms. The van der Waals surface area contributed by atoms with E-state index in [0.717, 1.165) is 62.3 Å². The number of nitrogens with one attached hydrogen (secondary N) is 3. The summed E-state index contributed by atoms with van der Waals surface area (Å²) in [6.45, 7) is 4.56. The summed E-state index contributed by atoms with van der Waals surface area (Å²) < 4.78 is 7.20. The largest absolute Gasteiger partial charge is 0.385 e. The quantitative estimate of drug-likeness (QED) is 0.394. The van der Waals surface area contributed by atoms with Gasteiger partial charge in [0.25, 0.3) is 0 Å². The zero-order valence-electron chi connectivity index (χ0n) is 21.7. The van der Waals surface area contributed by atoms with Crippen LogP contribution >= 0.6 is 0 Å². The molecule has 0 saturated heterocycles. The van der Waals surface area contributed by atoms with Gasteiger partial charge in [-0.05, 0) is 68.3 Å². The Morgan fingerprint density at radius 1 is 1.11 bits per heavy atom. The lowest BCUT2D eigenvalue weighted by molar-refractivity contribution is 0.177. The van der Waals surface area contributed by atoms with Crippen LogP contribution in [0.25, 0.3) is 11.3 Å². The Morgan fingerprint density at radius 3 is 2.57 bits per heavy atom. The van der Waals surface area contributed by atoms with Gasteiger partial charge < -0.3 is 15.4 Å². The lowest BCUT2D eigenvalue weighted by atomic mass is 9.93. The summed E-state index contributed by atoms with van der Waals surface area (Å²) in [6, 6.07) is 20.4. The van der Waals surface area contributed by atoms with Gasteiger partial charge in [-0.3, -0.25) is 5.32 Å². The van der Waals surface area contributed by atoms with Crippen LogP contribution in [0.4, 0.5) is 10.6 Å². The zero-order chi connectivity index (χ0) is 25.6. The third kappa shape index (κ3) is 5.78. The number of amides is 2. The minimum Gasteiger partial charge on any atom is -0.385 e. The maximum atomic E-state index is 13.5. The van der Waals surface area contributed by atoms with Crippen LogP contribution in [-0.2, 0) is 4.74 Å². The molecule has 37 heavy (non-hydrogen) atoms. The van der Waals surface area contributed by atoms with Crippen LogP contribution < -0.4 is 16.0 Å². The van der Waals surface area contributed by atoms with Gasteiger partial charge in [0, 0.05) is 37.8 Å². The normalized spacial score (nSPS) is 21.5. The number of carbonyl (C=O) groups is 1. The molecule has 5 rings (SSSR count). The fourth-order valence-electron chi connectivity index (χ4n) is 5.74. The molecule has 0 unspecified atom stereocenters. The lowest BCUT2D eigenvalue weighted by Crippen LogP contribution is -2.40. The minimum atomic E-state index is -0.190. The van der Waals surface area contributed by atoms with E-state index in [9.17, 15) is 4.79 Å². The number of carbonyl (C=O) groups excluding carboxylic acids is 1. The molecule has 1 aliphatic heterocycles. The Morgan fingerprint density at radius 2 is 1.86 bits per heavy atom. The molecule has 2 heterocycles. The van der Waals surface area contributed by atoms with Crippen molar-refractivity contribution < 1.29 is 9.53 Å². The van der Waals surface area contributed by atoms with Crippen molar-refractivity contribution >= 4 is 17.4 Å². The first-order valence-corrected chi connectivity index (χ1v) is 13.3. The van der Waals surface area contributed by atoms with Crippen molar-refractivity contribution in [2.75, 3.05) is 32.1 Å². The first kappa shape index (κ1) is 25.2. The monoisotopic (exact) mass is 499 g/mol. The number of benzene rings is 2. The molecule has 3 atom stereocenters. The third-order valence-electron chi connectivity index (χ3n) is 7.66. The summed E-state index contributed by atoms with van der Waals surface area (Å²) in [5.41, 5.74) is 5.34. The Kier molecular flexibility index (Phi) is 8.02. The Hall–Kier alpha value is -3.42. The number of nitrogens with zero attached hydrogens (tertiary/aromatic N) is 2. The summed E-state index contributed by atoms with van der Waals surface area (Å²) in [4.78, 5) is 13.5. The highest BCUT2D eigenvalue weighted by Gasteiger charge is 2.36. The molecule has 1 saturated carbocycles. The van der Waals surface area contributed by atoms with Crippen LogP contribution in [0, 0.1) is 12.8 Å². The summed E-state index contributed by atoms with van der Waals surface area (Å²) >= 11 is 0. The number of rotatable bonds is 8. The number of para-hydroxylation sites is 1. The number of hydrogen-bond donors (Lipinski definition) is 3. The number of hydrogen-bond acceptors (Lipinski definition) is 4. The van der Waals surface area contributed by atoms with Crippen molar-refractivity contribution in [3.63, 3.8) is 0 Å². The molecule has 1 aromatic heterocycles. The van der Waals surface area contributed by atoms with Gasteiger partial charge >= 0.3 is 6.03 Å². The first-order chi connectivity index (χ1) is 18.1. The number of anilines is 1. The lowest BCUT2D eigenvalue weighted by Gasteiger charge is -2.22. The second-order valence-corrected chi connectivity index (χ2v) is 10.1. The molecule has 3 N–H and O–H groups in total. The Balaban J connectivity index is 1.39. The molecule has 0 spiro atoms. The van der Waals surface area contributed by atoms with E-state index < -0.39 is 0 Å². The molecular weight excluding hydrogens is 462 g/mol. The van der Waals surface area contributed by atoms with E-state index in [1.54, 1.807) is 7.11 Å². The van der Waals surface area contributed by atoms with Gasteiger partial charge in [-0.1, -0.05) is 54.6 Å². The van der Waals surface area contributed by atoms with Gasteiger partial charge in [0.05, 0.1) is 11.4 Å². The third-order valence-corrected chi connectivity index (χ3v) is 7.66. The maximum absolute atomic E-state index is 13.5. The predicted molar refractivity (Wildman–Crippen MR) is 148 cm³/mol. The van der Waals surface area contributed by atoms with Crippen molar-refractivity contribution in [2.24, 2.45) is 5.92 Å². The summed E-state index contributed by atoms with van der Waals surface area (Å²) in [6.07, 6.45) is 6.11. The van der Waals surface area contributed by atoms with Gasteiger partial charge in [0.2, 0.25) is 0 Å². The molecular formula is C30H37N5O2. The van der Waals surface area contributed by atoms with Crippen molar-refractivity contribution in [3.8, 4) is 5.69 Å². The average molecular weight is 500 g/mol. The minimum absolute atomic E-state index is 0.0595. The standard InChI is InChI=1S/C30H37N5O2/c1-21-28(24-13-16-31-17-14-24)34-35(25-11-7-4-8-12-25)29(21)33-30(36)32-27-20-22(15-18-37-2)19-26(27)23-9-5-3-6-10-23/h3-13,22,26-27,31H,14-20H2,1-2H3,(H2,32,33,36)/t22-,26-,27+/m0/s1. The van der Waals surface area contributed by atoms with Crippen LogP contribution in [-0.4, -0.2) is 48.7 Å². The predicted octanol–water partition coefficient (Wildman–Crippen LogP) is 5.28. The Labute approximate surface area is 219 Å². The van der Waals surface area contributed by atoms with E-state index in [4.69, 9.17) is 9.84 Å². The van der Waals surface area contributed by atoms with Gasteiger partial charge in [0.1, 0.15) is 5.82 Å². The average Bonchev–Trinajstić information content (AvgIpc) is 3.49. The van der Waals surface area contributed by atoms with Crippen molar-refractivity contribution in [1.29, 1.82) is 0 Å². The molecule has 0 radical (unpaired) electrons. The highest BCUT2D eigenvalue weighted by molar-refractivity contribution is 5.91. The van der Waals surface area contributed by atoms with E-state index in [-0.39, 0.29) is 18.0 Å². The maximum Gasteiger partial charge on any atom is 0.320 e. The smallest absolute Gasteiger partial charge is 0.320 e. The van der Waals surface area contributed by atoms with E-state index in [1.807, 2.05) is 48.0 Å². The molecule has 1 fully saturated rings. The molecule has 2 aliphatic rings. The zero-order valence-corrected chi connectivity index (χ0v) is 21.7. The van der Waals surface area contributed by atoms with Crippen molar-refractivity contribution in [3.05, 3.63) is 83.6 Å². The molecule has 7 nitrogen and oxygen atoms in total. The van der Waals surface area contributed by atoms with Gasteiger partial charge in [0.15, 0.2) is 0 Å².